The van der Waals surface area contributed by atoms with Crippen molar-refractivity contribution >= 4 is 40.6 Å². The van der Waals surface area contributed by atoms with Crippen LogP contribution in [0.5, 0.6) is 0 Å². The highest BCUT2D eigenvalue weighted by Gasteiger charge is 2.42. The molecule has 0 N–H and O–H groups in total. The topological polar surface area (TPSA) is 25.3 Å². The minimum absolute atomic E-state index is 0.507. The van der Waals surface area contributed by atoms with Crippen molar-refractivity contribution in [2.24, 2.45) is 5.10 Å². The zero-order valence-electron chi connectivity index (χ0n) is 29.8. The zero-order valence-corrected chi connectivity index (χ0v) is 29.8. The minimum atomic E-state index is -0.507. The number of hydrogen-bond acceptors (Lipinski definition) is 5. The van der Waals surface area contributed by atoms with Crippen molar-refractivity contribution in [3.8, 4) is 0 Å². The van der Waals surface area contributed by atoms with Crippen molar-refractivity contribution < 1.29 is 0 Å². The van der Waals surface area contributed by atoms with Crippen LogP contribution in [0.15, 0.2) is 120 Å². The van der Waals surface area contributed by atoms with Gasteiger partial charge in [-0.15, -0.1) is 0 Å². The molecule has 5 rings (SSSR count). The monoisotopic (exact) mass is 639 g/mol. The van der Waals surface area contributed by atoms with Gasteiger partial charge in [-0.1, -0.05) is 72.8 Å². The van der Waals surface area contributed by atoms with Crippen LogP contribution in [0.4, 0.5) is 22.7 Å². The maximum absolute atomic E-state index is 5.32. The molecule has 4 aromatic carbocycles. The molecule has 1 atom stereocenters. The molecule has 0 radical (unpaired) electrons. The van der Waals surface area contributed by atoms with E-state index in [1.165, 1.54) is 33.8 Å². The summed E-state index contributed by atoms with van der Waals surface area (Å²) in [6.45, 7) is 19.2. The predicted octanol–water partition coefficient (Wildman–Crippen LogP) is 10.1. The van der Waals surface area contributed by atoms with E-state index in [1.807, 2.05) is 0 Å². The molecular weight excluding hydrogens is 587 g/mol. The quantitative estimate of drug-likeness (QED) is 0.129. The maximum Gasteiger partial charge on any atom is 0.112 e. The fourth-order valence-electron chi connectivity index (χ4n) is 6.75. The normalized spacial score (nSPS) is 16.1. The van der Waals surface area contributed by atoms with E-state index in [0.29, 0.717) is 0 Å². The number of para-hydroxylation sites is 1. The first-order chi connectivity index (χ1) is 23.5. The summed E-state index contributed by atoms with van der Waals surface area (Å²) in [5.74, 6) is 0. The van der Waals surface area contributed by atoms with E-state index in [1.54, 1.807) is 0 Å². The van der Waals surface area contributed by atoms with Crippen LogP contribution < -0.4 is 19.7 Å². The van der Waals surface area contributed by atoms with Crippen LogP contribution in [0.3, 0.4) is 0 Å². The van der Waals surface area contributed by atoms with Crippen LogP contribution in [-0.2, 0) is 5.54 Å². The summed E-state index contributed by atoms with van der Waals surface area (Å²) >= 11 is 0. The van der Waals surface area contributed by atoms with E-state index in [-0.39, 0.29) is 0 Å². The Morgan fingerprint density at radius 3 is 1.44 bits per heavy atom. The van der Waals surface area contributed by atoms with Gasteiger partial charge in [0.05, 0.1) is 11.4 Å². The van der Waals surface area contributed by atoms with Crippen LogP contribution >= 0.6 is 0 Å². The van der Waals surface area contributed by atoms with Crippen molar-refractivity contribution in [2.45, 2.75) is 53.5 Å². The van der Waals surface area contributed by atoms with Crippen LogP contribution in [0, 0.1) is 0 Å². The Balaban J connectivity index is 1.55. The molecule has 0 aromatic heterocycles. The molecule has 0 saturated heterocycles. The van der Waals surface area contributed by atoms with Crippen LogP contribution in [-0.4, -0.2) is 45.0 Å². The first kappa shape index (κ1) is 34.6. The van der Waals surface area contributed by atoms with E-state index in [4.69, 9.17) is 5.10 Å². The van der Waals surface area contributed by atoms with Crippen molar-refractivity contribution in [1.29, 1.82) is 0 Å². The Bertz CT molecular complexity index is 1640. The highest BCUT2D eigenvalue weighted by atomic mass is 15.5. The van der Waals surface area contributed by atoms with Gasteiger partial charge >= 0.3 is 0 Å². The molecule has 0 spiro atoms. The summed E-state index contributed by atoms with van der Waals surface area (Å²) in [6, 6.07) is 37.5. The molecule has 250 valence electrons. The van der Waals surface area contributed by atoms with Gasteiger partial charge in [0.2, 0.25) is 0 Å². The number of allylic oxidation sites excluding steroid dienone is 1. The molecule has 0 fully saturated rings. The largest absolute Gasteiger partial charge is 0.372 e. The summed E-state index contributed by atoms with van der Waals surface area (Å²) in [4.78, 5) is 7.14. The van der Waals surface area contributed by atoms with E-state index in [9.17, 15) is 0 Å². The highest BCUT2D eigenvalue weighted by Crippen LogP contribution is 2.43. The lowest BCUT2D eigenvalue weighted by Crippen LogP contribution is -2.38. The molecule has 0 bridgehead atoms. The van der Waals surface area contributed by atoms with Crippen LogP contribution in [0.25, 0.3) is 12.2 Å². The maximum atomic E-state index is 5.32. The number of anilines is 4. The summed E-state index contributed by atoms with van der Waals surface area (Å²) in [5, 5.41) is 7.55. The van der Waals surface area contributed by atoms with Crippen molar-refractivity contribution in [3.05, 3.63) is 132 Å². The van der Waals surface area contributed by atoms with Crippen LogP contribution in [0.2, 0.25) is 0 Å². The third-order valence-corrected chi connectivity index (χ3v) is 9.62. The van der Waals surface area contributed by atoms with Gasteiger partial charge < -0.3 is 14.7 Å². The average Bonchev–Trinajstić information content (AvgIpc) is 3.52. The lowest BCUT2D eigenvalue weighted by molar-refractivity contribution is 0.558. The number of hydrazone groups is 1. The Hall–Kier alpha value is -4.77. The lowest BCUT2D eigenvalue weighted by Gasteiger charge is -2.36. The van der Waals surface area contributed by atoms with Crippen molar-refractivity contribution in [3.63, 3.8) is 0 Å². The smallest absolute Gasteiger partial charge is 0.112 e. The van der Waals surface area contributed by atoms with Gasteiger partial charge in [-0.3, -0.25) is 5.01 Å². The highest BCUT2D eigenvalue weighted by molar-refractivity contribution is 6.02. The van der Waals surface area contributed by atoms with Gasteiger partial charge in [0.25, 0.3) is 0 Å². The predicted molar refractivity (Wildman–Crippen MR) is 211 cm³/mol. The average molecular weight is 640 g/mol. The summed E-state index contributed by atoms with van der Waals surface area (Å²) in [5.41, 5.74) is 8.93. The third kappa shape index (κ3) is 7.68. The van der Waals surface area contributed by atoms with E-state index >= 15 is 0 Å². The van der Waals surface area contributed by atoms with Gasteiger partial charge in [-0.25, -0.2) is 0 Å². The second-order valence-corrected chi connectivity index (χ2v) is 12.3. The van der Waals surface area contributed by atoms with Crippen LogP contribution in [0.1, 0.15) is 64.7 Å². The van der Waals surface area contributed by atoms with Gasteiger partial charge in [-0.2, -0.15) is 5.10 Å². The van der Waals surface area contributed by atoms with Gasteiger partial charge in [-0.05, 0) is 113 Å². The molecule has 1 unspecified atom stereocenters. The molecule has 48 heavy (non-hydrogen) atoms. The summed E-state index contributed by atoms with van der Waals surface area (Å²) < 4.78 is 0. The molecule has 0 amide bonds. The fourth-order valence-corrected chi connectivity index (χ4v) is 6.75. The number of nitrogens with zero attached hydrogens (tertiary/aromatic N) is 5. The molecular formula is C43H53N5. The number of rotatable bonds is 15. The van der Waals surface area contributed by atoms with E-state index in [0.717, 1.165) is 57.1 Å². The summed E-state index contributed by atoms with van der Waals surface area (Å²) in [6.07, 6.45) is 9.77. The first-order valence-electron chi connectivity index (χ1n) is 17.8. The number of benzene rings is 4. The molecule has 5 heteroatoms. The van der Waals surface area contributed by atoms with Gasteiger partial charge in [0, 0.05) is 62.8 Å². The third-order valence-electron chi connectivity index (χ3n) is 9.62. The standard InChI is InChI=1S/C43H53N5/c1-7-45(8-2)39-26-19-35(20-27-39)18-25-38-34-43(48(44-38)42-16-14-13-15-17-42,37-23-30-41(31-24-37)47(11-5)12-6)33-32-36-21-28-40(29-22-36)46(9-3)10-4/h13-33H,7-12,34H2,1-6H3/b25-18+,33-32+. The van der Waals surface area contributed by atoms with Crippen molar-refractivity contribution in [1.82, 2.24) is 0 Å². The van der Waals surface area contributed by atoms with Crippen molar-refractivity contribution in [2.75, 3.05) is 59.0 Å². The molecule has 1 heterocycles. The first-order valence-corrected chi connectivity index (χ1v) is 17.8. The van der Waals surface area contributed by atoms with Gasteiger partial charge in [0.1, 0.15) is 5.54 Å². The molecule has 1 aliphatic rings. The second kappa shape index (κ2) is 16.4. The molecule has 0 aliphatic carbocycles. The molecule has 1 aliphatic heterocycles. The zero-order chi connectivity index (χ0) is 33.9. The summed E-state index contributed by atoms with van der Waals surface area (Å²) in [7, 11) is 0. The fraction of sp³-hybridized carbons (Fsp3) is 0.326. The molecule has 0 saturated carbocycles. The minimum Gasteiger partial charge on any atom is -0.372 e. The second-order valence-electron chi connectivity index (χ2n) is 12.3. The molecule has 4 aromatic rings. The lowest BCUT2D eigenvalue weighted by atomic mass is 9.83. The Labute approximate surface area is 289 Å². The Morgan fingerprint density at radius 2 is 0.979 bits per heavy atom. The van der Waals surface area contributed by atoms with E-state index < -0.39 is 5.54 Å². The van der Waals surface area contributed by atoms with E-state index in [2.05, 4.69) is 189 Å². The van der Waals surface area contributed by atoms with Gasteiger partial charge in [0.15, 0.2) is 0 Å². The number of hydrogen-bond donors (Lipinski definition) is 0. The molecule has 5 nitrogen and oxygen atoms in total. The Kier molecular flexibility index (Phi) is 11.8. The Morgan fingerprint density at radius 1 is 0.542 bits per heavy atom. The SMILES string of the molecule is CCN(CC)c1ccc(/C=C/C2=NN(c3ccccc3)C(/C=C/c3ccc(N(CC)CC)cc3)(c3ccc(N(CC)CC)cc3)C2)cc1.